The molecule has 1 aliphatic rings. The lowest BCUT2D eigenvalue weighted by Gasteiger charge is -2.22. The quantitative estimate of drug-likeness (QED) is 0.778. The number of amides is 2. The van der Waals surface area contributed by atoms with Gasteiger partial charge in [0.25, 0.3) is 0 Å². The van der Waals surface area contributed by atoms with E-state index in [2.05, 4.69) is 31.3 Å². The Bertz CT molecular complexity index is 558. The van der Waals surface area contributed by atoms with Crippen LogP contribution < -0.4 is 10.2 Å². The maximum absolute atomic E-state index is 12.3. The molecular formula is C21H32N2O2. The SMILES string of the molecule is CC(=O)N(CCC(=O)NC1CCCCCC1)c1ccc(C(C)C)cc1. The van der Waals surface area contributed by atoms with E-state index in [1.807, 2.05) is 12.1 Å². The van der Waals surface area contributed by atoms with Crippen LogP contribution in [-0.2, 0) is 9.59 Å². The van der Waals surface area contributed by atoms with E-state index < -0.39 is 0 Å². The lowest BCUT2D eigenvalue weighted by Crippen LogP contribution is -2.38. The third-order valence-electron chi connectivity index (χ3n) is 5.03. The highest BCUT2D eigenvalue weighted by molar-refractivity contribution is 5.92. The zero-order chi connectivity index (χ0) is 18.2. The molecule has 0 aromatic heterocycles. The largest absolute Gasteiger partial charge is 0.353 e. The Kier molecular flexibility index (Phi) is 7.48. The highest BCUT2D eigenvalue weighted by Crippen LogP contribution is 2.21. The molecule has 0 unspecified atom stereocenters. The van der Waals surface area contributed by atoms with E-state index in [9.17, 15) is 9.59 Å². The number of rotatable bonds is 6. The zero-order valence-electron chi connectivity index (χ0n) is 15.9. The molecule has 0 atom stereocenters. The van der Waals surface area contributed by atoms with Gasteiger partial charge in [0.2, 0.25) is 11.8 Å². The average molecular weight is 344 g/mol. The highest BCUT2D eigenvalue weighted by atomic mass is 16.2. The molecule has 138 valence electrons. The van der Waals surface area contributed by atoms with Gasteiger partial charge in [0.1, 0.15) is 0 Å². The van der Waals surface area contributed by atoms with Crippen LogP contribution in [0.4, 0.5) is 5.69 Å². The summed E-state index contributed by atoms with van der Waals surface area (Å²) in [5.41, 5.74) is 2.11. The van der Waals surface area contributed by atoms with E-state index in [-0.39, 0.29) is 11.8 Å². The third kappa shape index (κ3) is 6.18. The van der Waals surface area contributed by atoms with Gasteiger partial charge in [-0.1, -0.05) is 51.7 Å². The Morgan fingerprint density at radius 1 is 1.08 bits per heavy atom. The number of nitrogens with zero attached hydrogens (tertiary/aromatic N) is 1. The molecule has 1 aromatic rings. The second-order valence-electron chi connectivity index (χ2n) is 7.42. The molecule has 1 N–H and O–H groups in total. The Labute approximate surface area is 152 Å². The summed E-state index contributed by atoms with van der Waals surface area (Å²) in [6.45, 7) is 6.28. The molecule has 1 saturated carbocycles. The summed E-state index contributed by atoms with van der Waals surface area (Å²) < 4.78 is 0. The van der Waals surface area contributed by atoms with Gasteiger partial charge >= 0.3 is 0 Å². The van der Waals surface area contributed by atoms with Crippen LogP contribution in [0.1, 0.15) is 77.2 Å². The molecule has 0 bridgehead atoms. The average Bonchev–Trinajstić information content (AvgIpc) is 2.83. The fraction of sp³-hybridized carbons (Fsp3) is 0.619. The second-order valence-corrected chi connectivity index (χ2v) is 7.42. The Morgan fingerprint density at radius 2 is 1.68 bits per heavy atom. The fourth-order valence-corrected chi connectivity index (χ4v) is 3.44. The van der Waals surface area contributed by atoms with Crippen LogP contribution in [0.15, 0.2) is 24.3 Å². The van der Waals surface area contributed by atoms with Gasteiger partial charge in [-0.2, -0.15) is 0 Å². The van der Waals surface area contributed by atoms with E-state index in [1.165, 1.54) is 31.2 Å². The topological polar surface area (TPSA) is 49.4 Å². The molecule has 0 spiro atoms. The number of carbonyl (C=O) groups is 2. The van der Waals surface area contributed by atoms with Crippen molar-refractivity contribution in [3.05, 3.63) is 29.8 Å². The van der Waals surface area contributed by atoms with Gasteiger partial charge in [-0.3, -0.25) is 9.59 Å². The fourth-order valence-electron chi connectivity index (χ4n) is 3.44. The molecule has 1 aliphatic carbocycles. The zero-order valence-corrected chi connectivity index (χ0v) is 15.9. The first kappa shape index (κ1) is 19.5. The first-order valence-corrected chi connectivity index (χ1v) is 9.65. The Morgan fingerprint density at radius 3 is 2.20 bits per heavy atom. The molecule has 25 heavy (non-hydrogen) atoms. The summed E-state index contributed by atoms with van der Waals surface area (Å²) in [5, 5.41) is 3.15. The predicted octanol–water partition coefficient (Wildman–Crippen LogP) is 4.39. The second kappa shape index (κ2) is 9.59. The van der Waals surface area contributed by atoms with Crippen molar-refractivity contribution >= 4 is 17.5 Å². The van der Waals surface area contributed by atoms with E-state index in [1.54, 1.807) is 11.8 Å². The summed E-state index contributed by atoms with van der Waals surface area (Å²) in [6, 6.07) is 8.37. The minimum atomic E-state index is -0.0282. The number of nitrogens with one attached hydrogen (secondary N) is 1. The Balaban J connectivity index is 1.90. The van der Waals surface area contributed by atoms with Crippen molar-refractivity contribution in [3.63, 3.8) is 0 Å². The maximum atomic E-state index is 12.3. The van der Waals surface area contributed by atoms with Crippen molar-refractivity contribution in [3.8, 4) is 0 Å². The summed E-state index contributed by atoms with van der Waals surface area (Å²) in [5.74, 6) is 0.488. The molecule has 0 saturated heterocycles. The van der Waals surface area contributed by atoms with Gasteiger partial charge < -0.3 is 10.2 Å². The van der Waals surface area contributed by atoms with Crippen LogP contribution in [0, 0.1) is 0 Å². The summed E-state index contributed by atoms with van der Waals surface area (Å²) in [6.07, 6.45) is 7.47. The summed E-state index contributed by atoms with van der Waals surface area (Å²) in [4.78, 5) is 26.0. The molecule has 1 aromatic carbocycles. The predicted molar refractivity (Wildman–Crippen MR) is 103 cm³/mol. The molecule has 0 heterocycles. The van der Waals surface area contributed by atoms with Crippen molar-refractivity contribution in [2.45, 2.75) is 77.7 Å². The normalized spacial score (nSPS) is 15.7. The van der Waals surface area contributed by atoms with Crippen LogP contribution in [-0.4, -0.2) is 24.4 Å². The summed E-state index contributed by atoms with van der Waals surface area (Å²) in [7, 11) is 0. The van der Waals surface area contributed by atoms with Crippen LogP contribution in [0.25, 0.3) is 0 Å². The van der Waals surface area contributed by atoms with Crippen LogP contribution in [0.2, 0.25) is 0 Å². The van der Waals surface area contributed by atoms with Crippen molar-refractivity contribution in [1.29, 1.82) is 0 Å². The molecular weight excluding hydrogens is 312 g/mol. The van der Waals surface area contributed by atoms with Gasteiger partial charge in [-0.25, -0.2) is 0 Å². The number of benzene rings is 1. The van der Waals surface area contributed by atoms with Gasteiger partial charge in [-0.05, 0) is 36.5 Å². The molecule has 2 amide bonds. The lowest BCUT2D eigenvalue weighted by molar-refractivity contribution is -0.121. The van der Waals surface area contributed by atoms with E-state index >= 15 is 0 Å². The first-order valence-electron chi connectivity index (χ1n) is 9.65. The molecule has 0 aliphatic heterocycles. The van der Waals surface area contributed by atoms with Crippen molar-refractivity contribution in [2.75, 3.05) is 11.4 Å². The minimum absolute atomic E-state index is 0.0282. The lowest BCUT2D eigenvalue weighted by atomic mass is 10.0. The van der Waals surface area contributed by atoms with E-state index in [4.69, 9.17) is 0 Å². The smallest absolute Gasteiger partial charge is 0.223 e. The van der Waals surface area contributed by atoms with Gasteiger partial charge in [-0.15, -0.1) is 0 Å². The standard InChI is InChI=1S/C21H32N2O2/c1-16(2)18-10-12-20(13-11-18)23(17(3)24)15-14-21(25)22-19-8-6-4-5-7-9-19/h10-13,16,19H,4-9,14-15H2,1-3H3,(H,22,25). The number of carbonyl (C=O) groups excluding carboxylic acids is 2. The minimum Gasteiger partial charge on any atom is -0.353 e. The molecule has 0 radical (unpaired) electrons. The van der Waals surface area contributed by atoms with E-state index in [0.717, 1.165) is 18.5 Å². The van der Waals surface area contributed by atoms with Crippen LogP contribution in [0.3, 0.4) is 0 Å². The third-order valence-corrected chi connectivity index (χ3v) is 5.03. The molecule has 2 rings (SSSR count). The molecule has 4 nitrogen and oxygen atoms in total. The monoisotopic (exact) mass is 344 g/mol. The Hall–Kier alpha value is -1.84. The molecule has 1 fully saturated rings. The number of hydrogen-bond acceptors (Lipinski definition) is 2. The highest BCUT2D eigenvalue weighted by Gasteiger charge is 2.17. The van der Waals surface area contributed by atoms with Crippen LogP contribution >= 0.6 is 0 Å². The number of anilines is 1. The van der Waals surface area contributed by atoms with Gasteiger partial charge in [0, 0.05) is 31.6 Å². The van der Waals surface area contributed by atoms with Crippen molar-refractivity contribution < 1.29 is 9.59 Å². The van der Waals surface area contributed by atoms with Gasteiger partial charge in [0.15, 0.2) is 0 Å². The molecule has 4 heteroatoms. The van der Waals surface area contributed by atoms with Crippen molar-refractivity contribution in [2.24, 2.45) is 0 Å². The van der Waals surface area contributed by atoms with Crippen LogP contribution in [0.5, 0.6) is 0 Å². The number of hydrogen-bond donors (Lipinski definition) is 1. The summed E-state index contributed by atoms with van der Waals surface area (Å²) >= 11 is 0. The first-order chi connectivity index (χ1) is 12.0. The van der Waals surface area contributed by atoms with E-state index in [0.29, 0.717) is 24.9 Å². The van der Waals surface area contributed by atoms with Crippen molar-refractivity contribution in [1.82, 2.24) is 5.32 Å². The van der Waals surface area contributed by atoms with Gasteiger partial charge in [0.05, 0.1) is 0 Å². The maximum Gasteiger partial charge on any atom is 0.223 e.